The number of fused-ring (bicyclic) bond motifs is 2. The van der Waals surface area contributed by atoms with Crippen LogP contribution in [0.4, 0.5) is 0 Å². The van der Waals surface area contributed by atoms with Gasteiger partial charge in [-0.05, 0) is 81.3 Å². The van der Waals surface area contributed by atoms with Gasteiger partial charge in [0.2, 0.25) is 6.49 Å². The lowest BCUT2D eigenvalue weighted by molar-refractivity contribution is 0.415. The van der Waals surface area contributed by atoms with Gasteiger partial charge in [0.1, 0.15) is 11.5 Å². The van der Waals surface area contributed by atoms with E-state index < -0.39 is 6.49 Å². The lowest BCUT2D eigenvalue weighted by atomic mass is 10.1. The molecule has 0 atom stereocenters. The molecule has 27 heavy (non-hydrogen) atoms. The van der Waals surface area contributed by atoms with Gasteiger partial charge >= 0.3 is 0 Å². The minimum absolute atomic E-state index is 0.620. The van der Waals surface area contributed by atoms with Crippen molar-refractivity contribution in [1.29, 1.82) is 0 Å². The summed E-state index contributed by atoms with van der Waals surface area (Å²) in [6, 6.07) is 22.8. The minimum Gasteiger partial charge on any atom is -0.497 e. The summed E-state index contributed by atoms with van der Waals surface area (Å²) in [6.07, 6.45) is 0. The van der Waals surface area contributed by atoms with Gasteiger partial charge in [-0.15, -0.1) is 0 Å². The second-order valence-electron chi connectivity index (χ2n) is 6.33. The molecule has 3 nitrogen and oxygen atoms in total. The Hall–Kier alpha value is -2.48. The number of benzene rings is 4. The van der Waals surface area contributed by atoms with Crippen LogP contribution in [0.3, 0.4) is 0 Å². The van der Waals surface area contributed by atoms with Crippen molar-refractivity contribution in [3.8, 4) is 11.5 Å². The van der Waals surface area contributed by atoms with Gasteiger partial charge in [-0.25, -0.2) is 0 Å². The number of halogens is 1. The largest absolute Gasteiger partial charge is 0.497 e. The molecular formula is C22H18ClO3P. The molecular weight excluding hydrogens is 379 g/mol. The second kappa shape index (κ2) is 6.92. The molecule has 0 unspecified atom stereocenters. The SMILES string of the molecule is COc1ccc2cc(P(=O)(Cl)c3ccc4cc(OC)ccc4c3)ccc2c1. The zero-order valence-electron chi connectivity index (χ0n) is 15.0. The molecule has 0 bridgehead atoms. The summed E-state index contributed by atoms with van der Waals surface area (Å²) in [7, 11) is 3.27. The molecule has 0 amide bonds. The highest BCUT2D eigenvalue weighted by Crippen LogP contribution is 2.49. The molecule has 0 fully saturated rings. The van der Waals surface area contributed by atoms with Crippen LogP contribution in [-0.2, 0) is 4.57 Å². The van der Waals surface area contributed by atoms with Crippen LogP contribution in [0.1, 0.15) is 0 Å². The average Bonchev–Trinajstić information content (AvgIpc) is 2.72. The molecule has 4 rings (SSSR count). The van der Waals surface area contributed by atoms with Gasteiger partial charge in [-0.2, -0.15) is 0 Å². The molecule has 0 radical (unpaired) electrons. The van der Waals surface area contributed by atoms with E-state index in [-0.39, 0.29) is 0 Å². The summed E-state index contributed by atoms with van der Waals surface area (Å²) in [6.45, 7) is -3.23. The molecule has 0 spiro atoms. The summed E-state index contributed by atoms with van der Waals surface area (Å²) in [5, 5.41) is 5.21. The number of methoxy groups -OCH3 is 2. The van der Waals surface area contributed by atoms with Crippen LogP contribution >= 0.6 is 17.7 Å². The Morgan fingerprint density at radius 2 is 1.00 bits per heavy atom. The van der Waals surface area contributed by atoms with E-state index >= 15 is 0 Å². The van der Waals surface area contributed by atoms with Gasteiger partial charge < -0.3 is 9.47 Å². The molecule has 0 saturated carbocycles. The van der Waals surface area contributed by atoms with Crippen LogP contribution in [0.25, 0.3) is 21.5 Å². The number of ether oxygens (including phenoxy) is 2. The Bertz CT molecular complexity index is 1110. The van der Waals surface area contributed by atoms with Crippen molar-refractivity contribution < 1.29 is 14.0 Å². The molecule has 0 aliphatic heterocycles. The number of hydrogen-bond acceptors (Lipinski definition) is 3. The first-order valence-corrected chi connectivity index (χ1v) is 11.1. The van der Waals surface area contributed by atoms with Crippen LogP contribution in [0.15, 0.2) is 72.8 Å². The topological polar surface area (TPSA) is 35.5 Å². The maximum absolute atomic E-state index is 13.5. The van der Waals surface area contributed by atoms with E-state index in [9.17, 15) is 4.57 Å². The Balaban J connectivity index is 1.79. The predicted molar refractivity (Wildman–Crippen MR) is 114 cm³/mol. The van der Waals surface area contributed by atoms with E-state index in [1.165, 1.54) is 0 Å². The van der Waals surface area contributed by atoms with Gasteiger partial charge in [-0.3, -0.25) is 4.57 Å². The minimum atomic E-state index is -3.23. The summed E-state index contributed by atoms with van der Waals surface area (Å²) in [4.78, 5) is 0. The lowest BCUT2D eigenvalue weighted by Crippen LogP contribution is -2.12. The number of rotatable bonds is 4. The summed E-state index contributed by atoms with van der Waals surface area (Å²) in [5.74, 6) is 1.57. The van der Waals surface area contributed by atoms with Crippen LogP contribution in [-0.4, -0.2) is 14.2 Å². The number of hydrogen-bond donors (Lipinski definition) is 0. The normalized spacial score (nSPS) is 11.7. The van der Waals surface area contributed by atoms with Crippen molar-refractivity contribution in [2.75, 3.05) is 14.2 Å². The molecule has 0 aliphatic carbocycles. The summed E-state index contributed by atoms with van der Waals surface area (Å²) in [5.41, 5.74) is 0. The molecule has 5 heteroatoms. The third kappa shape index (κ3) is 3.29. The highest BCUT2D eigenvalue weighted by Gasteiger charge is 2.25. The predicted octanol–water partition coefficient (Wildman–Crippen LogP) is 5.48. The maximum Gasteiger partial charge on any atom is 0.225 e. The maximum atomic E-state index is 13.5. The van der Waals surface area contributed by atoms with E-state index in [0.717, 1.165) is 33.0 Å². The van der Waals surface area contributed by atoms with Crippen LogP contribution in [0, 0.1) is 0 Å². The molecule has 0 aliphatic rings. The van der Waals surface area contributed by atoms with E-state index in [1.807, 2.05) is 72.8 Å². The second-order valence-corrected chi connectivity index (χ2v) is 9.85. The van der Waals surface area contributed by atoms with Crippen LogP contribution in [0.5, 0.6) is 11.5 Å². The summed E-state index contributed by atoms with van der Waals surface area (Å²) >= 11 is 6.61. The van der Waals surface area contributed by atoms with Gasteiger partial charge in [0.15, 0.2) is 0 Å². The smallest absolute Gasteiger partial charge is 0.225 e. The molecule has 0 saturated heterocycles. The summed E-state index contributed by atoms with van der Waals surface area (Å²) < 4.78 is 24.0. The first kappa shape index (κ1) is 17.9. The zero-order chi connectivity index (χ0) is 19.0. The molecule has 4 aromatic carbocycles. The van der Waals surface area contributed by atoms with Crippen molar-refractivity contribution in [3.05, 3.63) is 72.8 Å². The van der Waals surface area contributed by atoms with Crippen molar-refractivity contribution in [2.24, 2.45) is 0 Å². The van der Waals surface area contributed by atoms with E-state index in [2.05, 4.69) is 0 Å². The monoisotopic (exact) mass is 396 g/mol. The molecule has 0 aromatic heterocycles. The highest BCUT2D eigenvalue weighted by atomic mass is 35.7. The Morgan fingerprint density at radius 3 is 1.41 bits per heavy atom. The zero-order valence-corrected chi connectivity index (χ0v) is 16.6. The van der Waals surface area contributed by atoms with E-state index in [0.29, 0.717) is 10.6 Å². The average molecular weight is 397 g/mol. The fraction of sp³-hybridized carbons (Fsp3) is 0.0909. The fourth-order valence-electron chi connectivity index (χ4n) is 3.18. The Labute approximate surface area is 162 Å². The quantitative estimate of drug-likeness (QED) is 0.428. The lowest BCUT2D eigenvalue weighted by Gasteiger charge is -2.14. The van der Waals surface area contributed by atoms with Crippen molar-refractivity contribution >= 4 is 49.9 Å². The van der Waals surface area contributed by atoms with Crippen LogP contribution in [0.2, 0.25) is 0 Å². The highest BCUT2D eigenvalue weighted by molar-refractivity contribution is 8.00. The van der Waals surface area contributed by atoms with Crippen molar-refractivity contribution in [2.45, 2.75) is 0 Å². The first-order valence-electron chi connectivity index (χ1n) is 8.48. The standard InChI is InChI=1S/C22H18ClO3P/c1-25-19-7-3-17-13-21(9-5-15(17)11-19)27(23,24)22-10-6-16-12-20(26-2)8-4-18(16)14-22/h3-14H,1-2H3. The van der Waals surface area contributed by atoms with Crippen LogP contribution < -0.4 is 20.1 Å². The third-order valence-corrected chi connectivity index (χ3v) is 7.78. The molecule has 136 valence electrons. The van der Waals surface area contributed by atoms with Gasteiger partial charge in [0.25, 0.3) is 0 Å². The molecule has 0 heterocycles. The van der Waals surface area contributed by atoms with Gasteiger partial charge in [0.05, 0.1) is 14.2 Å². The van der Waals surface area contributed by atoms with E-state index in [1.54, 1.807) is 14.2 Å². The first-order chi connectivity index (χ1) is 13.0. The third-order valence-electron chi connectivity index (χ3n) is 4.73. The molecule has 4 aromatic rings. The van der Waals surface area contributed by atoms with E-state index in [4.69, 9.17) is 20.7 Å². The van der Waals surface area contributed by atoms with Gasteiger partial charge in [0, 0.05) is 10.6 Å². The fourth-order valence-corrected chi connectivity index (χ4v) is 5.26. The molecule has 0 N–H and O–H groups in total. The Kier molecular flexibility index (Phi) is 4.59. The Morgan fingerprint density at radius 1 is 0.630 bits per heavy atom. The van der Waals surface area contributed by atoms with Crippen molar-refractivity contribution in [3.63, 3.8) is 0 Å². The van der Waals surface area contributed by atoms with Crippen molar-refractivity contribution in [1.82, 2.24) is 0 Å². The van der Waals surface area contributed by atoms with Gasteiger partial charge in [-0.1, -0.05) is 24.3 Å².